The number of ether oxygens (including phenoxy) is 2. The van der Waals surface area contributed by atoms with Gasteiger partial charge in [0.25, 0.3) is 0 Å². The highest BCUT2D eigenvalue weighted by molar-refractivity contribution is 5.43. The molecule has 0 N–H and O–H groups in total. The summed E-state index contributed by atoms with van der Waals surface area (Å²) in [7, 11) is 2.09. The first-order valence-corrected chi connectivity index (χ1v) is 8.33. The van der Waals surface area contributed by atoms with E-state index in [-0.39, 0.29) is 0 Å². The van der Waals surface area contributed by atoms with Crippen LogP contribution < -0.4 is 9.47 Å². The second kappa shape index (κ2) is 5.89. The van der Waals surface area contributed by atoms with E-state index in [4.69, 9.17) is 14.5 Å². The van der Waals surface area contributed by atoms with Gasteiger partial charge in [0, 0.05) is 19.8 Å². The summed E-state index contributed by atoms with van der Waals surface area (Å²) in [5.74, 6) is 2.91. The zero-order valence-corrected chi connectivity index (χ0v) is 13.8. The molecule has 0 aliphatic carbocycles. The Morgan fingerprint density at radius 2 is 2.04 bits per heavy atom. The molecule has 4 rings (SSSR count). The van der Waals surface area contributed by atoms with Crippen molar-refractivity contribution in [2.45, 2.75) is 32.4 Å². The first-order valence-electron chi connectivity index (χ1n) is 8.33. The van der Waals surface area contributed by atoms with Crippen LogP contribution in [0.2, 0.25) is 0 Å². The van der Waals surface area contributed by atoms with Gasteiger partial charge in [-0.1, -0.05) is 6.07 Å². The number of hydrogen-bond donors (Lipinski definition) is 0. The predicted octanol–water partition coefficient (Wildman–Crippen LogP) is 2.84. The molecule has 1 fully saturated rings. The number of hydrogen-bond acceptors (Lipinski definition) is 4. The van der Waals surface area contributed by atoms with Crippen molar-refractivity contribution in [1.82, 2.24) is 14.5 Å². The largest absolute Gasteiger partial charge is 0.486 e. The lowest BCUT2D eigenvalue weighted by Crippen LogP contribution is -2.25. The lowest BCUT2D eigenvalue weighted by molar-refractivity contribution is 0.170. The van der Waals surface area contributed by atoms with Gasteiger partial charge in [0.1, 0.15) is 19.0 Å². The fourth-order valence-corrected chi connectivity index (χ4v) is 3.67. The third-order valence-electron chi connectivity index (χ3n) is 4.69. The van der Waals surface area contributed by atoms with Gasteiger partial charge in [-0.25, -0.2) is 4.98 Å². The van der Waals surface area contributed by atoms with E-state index >= 15 is 0 Å². The van der Waals surface area contributed by atoms with Crippen LogP contribution in [0.5, 0.6) is 11.5 Å². The minimum atomic E-state index is 0.405. The zero-order chi connectivity index (χ0) is 15.8. The average Bonchev–Trinajstić information content (AvgIpc) is 3.13. The zero-order valence-electron chi connectivity index (χ0n) is 13.8. The molecule has 23 heavy (non-hydrogen) atoms. The number of aromatic nitrogens is 2. The topological polar surface area (TPSA) is 39.5 Å². The summed E-state index contributed by atoms with van der Waals surface area (Å²) in [4.78, 5) is 7.25. The maximum absolute atomic E-state index is 5.70. The van der Waals surface area contributed by atoms with Crippen LogP contribution in [0.4, 0.5) is 0 Å². The van der Waals surface area contributed by atoms with Crippen LogP contribution in [0.1, 0.15) is 36.0 Å². The smallest absolute Gasteiger partial charge is 0.161 e. The molecule has 122 valence electrons. The summed E-state index contributed by atoms with van der Waals surface area (Å²) in [5, 5.41) is 0. The Morgan fingerprint density at radius 1 is 1.22 bits per heavy atom. The van der Waals surface area contributed by atoms with Crippen molar-refractivity contribution in [2.24, 2.45) is 7.05 Å². The van der Waals surface area contributed by atoms with E-state index in [1.807, 2.05) is 6.07 Å². The number of rotatable bonds is 3. The van der Waals surface area contributed by atoms with Gasteiger partial charge in [-0.3, -0.25) is 4.90 Å². The highest BCUT2D eigenvalue weighted by Crippen LogP contribution is 2.35. The number of imidazole rings is 1. The first kappa shape index (κ1) is 14.6. The van der Waals surface area contributed by atoms with Crippen molar-refractivity contribution in [1.29, 1.82) is 0 Å². The Labute approximate surface area is 136 Å². The summed E-state index contributed by atoms with van der Waals surface area (Å²) in [5.41, 5.74) is 2.36. The summed E-state index contributed by atoms with van der Waals surface area (Å²) >= 11 is 0. The molecule has 0 spiro atoms. The van der Waals surface area contributed by atoms with Gasteiger partial charge in [0.05, 0.1) is 11.7 Å². The Hall–Kier alpha value is -2.01. The summed E-state index contributed by atoms with van der Waals surface area (Å²) < 4.78 is 13.5. The molecule has 3 heterocycles. The van der Waals surface area contributed by atoms with Crippen molar-refractivity contribution in [3.05, 3.63) is 41.5 Å². The van der Waals surface area contributed by atoms with Gasteiger partial charge >= 0.3 is 0 Å². The average molecular weight is 313 g/mol. The third-order valence-corrected chi connectivity index (χ3v) is 4.69. The molecule has 1 atom stereocenters. The molecular weight excluding hydrogens is 290 g/mol. The normalized spacial score (nSPS) is 20.9. The number of likely N-dealkylation sites (tertiary alicyclic amines) is 1. The molecule has 1 saturated heterocycles. The predicted molar refractivity (Wildman–Crippen MR) is 87.8 cm³/mol. The van der Waals surface area contributed by atoms with Crippen molar-refractivity contribution < 1.29 is 9.47 Å². The van der Waals surface area contributed by atoms with E-state index in [0.29, 0.717) is 19.3 Å². The van der Waals surface area contributed by atoms with Crippen LogP contribution in [0, 0.1) is 6.92 Å². The Balaban J connectivity index is 1.54. The van der Waals surface area contributed by atoms with Crippen molar-refractivity contribution >= 4 is 0 Å². The number of benzene rings is 1. The van der Waals surface area contributed by atoms with Gasteiger partial charge in [-0.05, 0) is 44.0 Å². The van der Waals surface area contributed by atoms with Gasteiger partial charge < -0.3 is 14.0 Å². The van der Waals surface area contributed by atoms with Crippen molar-refractivity contribution in [2.75, 3.05) is 19.8 Å². The van der Waals surface area contributed by atoms with E-state index in [1.54, 1.807) is 0 Å². The Kier molecular flexibility index (Phi) is 3.73. The number of fused-ring (bicyclic) bond motifs is 1. The monoisotopic (exact) mass is 313 g/mol. The Morgan fingerprint density at radius 3 is 2.83 bits per heavy atom. The molecule has 0 radical (unpaired) electrons. The first-order chi connectivity index (χ1) is 11.2. The number of nitrogens with zero attached hydrogens (tertiary/aromatic N) is 3. The second-order valence-electron chi connectivity index (χ2n) is 6.46. The van der Waals surface area contributed by atoms with E-state index in [0.717, 1.165) is 30.3 Å². The maximum atomic E-state index is 5.70. The van der Waals surface area contributed by atoms with E-state index in [2.05, 4.69) is 41.8 Å². The van der Waals surface area contributed by atoms with Crippen molar-refractivity contribution in [3.63, 3.8) is 0 Å². The van der Waals surface area contributed by atoms with Gasteiger partial charge in [-0.2, -0.15) is 0 Å². The molecule has 5 heteroatoms. The van der Waals surface area contributed by atoms with Crippen LogP contribution in [0.25, 0.3) is 0 Å². The fourth-order valence-electron chi connectivity index (χ4n) is 3.67. The molecule has 2 aliphatic rings. The van der Waals surface area contributed by atoms with E-state index in [9.17, 15) is 0 Å². The van der Waals surface area contributed by atoms with E-state index < -0.39 is 0 Å². The van der Waals surface area contributed by atoms with Crippen LogP contribution in [-0.4, -0.2) is 34.2 Å². The molecular formula is C18H23N3O2. The lowest BCUT2D eigenvalue weighted by Gasteiger charge is -2.25. The Bertz CT molecular complexity index is 710. The van der Waals surface area contributed by atoms with E-state index in [1.165, 1.54) is 24.2 Å². The van der Waals surface area contributed by atoms with Gasteiger partial charge in [0.15, 0.2) is 11.5 Å². The molecule has 0 amide bonds. The summed E-state index contributed by atoms with van der Waals surface area (Å²) in [6.45, 7) is 5.37. The summed E-state index contributed by atoms with van der Waals surface area (Å²) in [6.07, 6.45) is 4.51. The lowest BCUT2D eigenvalue weighted by atomic mass is 10.1. The second-order valence-corrected chi connectivity index (χ2v) is 6.46. The highest BCUT2D eigenvalue weighted by Gasteiger charge is 2.29. The van der Waals surface area contributed by atoms with Crippen LogP contribution >= 0.6 is 0 Å². The third kappa shape index (κ3) is 2.81. The molecule has 0 bridgehead atoms. The van der Waals surface area contributed by atoms with Crippen LogP contribution in [0.3, 0.4) is 0 Å². The molecule has 2 aliphatic heterocycles. The molecule has 0 unspecified atom stereocenters. The summed E-state index contributed by atoms with van der Waals surface area (Å²) in [6, 6.07) is 6.70. The van der Waals surface area contributed by atoms with Crippen molar-refractivity contribution in [3.8, 4) is 11.5 Å². The minimum absolute atomic E-state index is 0.405. The highest BCUT2D eigenvalue weighted by atomic mass is 16.6. The maximum Gasteiger partial charge on any atom is 0.161 e. The molecule has 1 aromatic carbocycles. The molecule has 2 aromatic rings. The number of aryl methyl sites for hydroxylation is 2. The van der Waals surface area contributed by atoms with Gasteiger partial charge in [0.2, 0.25) is 0 Å². The minimum Gasteiger partial charge on any atom is -0.486 e. The van der Waals surface area contributed by atoms with Crippen LogP contribution in [-0.2, 0) is 13.6 Å². The molecule has 1 aromatic heterocycles. The standard InChI is InChI=1S/C18H23N3O2/c1-13-11-20(2)18(19-13)15-4-3-7-21(15)12-14-5-6-16-17(10-14)23-9-8-22-16/h5-6,10-11,15H,3-4,7-9,12H2,1-2H3/t15-/m1/s1. The molecule has 0 saturated carbocycles. The quantitative estimate of drug-likeness (QED) is 0.873. The van der Waals surface area contributed by atoms with Crippen LogP contribution in [0.15, 0.2) is 24.4 Å². The molecule has 5 nitrogen and oxygen atoms in total. The SMILES string of the molecule is Cc1cn(C)c([C@H]2CCCN2Cc2ccc3c(c2)OCCO3)n1. The fraction of sp³-hybridized carbons (Fsp3) is 0.500. The van der Waals surface area contributed by atoms with Gasteiger partial charge in [-0.15, -0.1) is 0 Å².